The molecule has 74 valence electrons. The zero-order chi connectivity index (χ0) is 10.4. The third-order valence-corrected chi connectivity index (χ3v) is 2.68. The van der Waals surface area contributed by atoms with Crippen molar-refractivity contribution in [3.05, 3.63) is 42.5 Å². The molecule has 0 bridgehead atoms. The van der Waals surface area contributed by atoms with E-state index in [1.807, 2.05) is 13.8 Å². The minimum Gasteiger partial charge on any atom is -0.130 e. The van der Waals surface area contributed by atoms with Crippen molar-refractivity contribution in [3.8, 4) is 0 Å². The highest BCUT2D eigenvalue weighted by Gasteiger charge is 1.92. The van der Waals surface area contributed by atoms with Gasteiger partial charge < -0.3 is 0 Å². The van der Waals surface area contributed by atoms with Crippen LogP contribution >= 0.6 is 11.8 Å². The highest BCUT2D eigenvalue weighted by atomic mass is 32.2. The third-order valence-electron chi connectivity index (χ3n) is 1.96. The van der Waals surface area contributed by atoms with Crippen molar-refractivity contribution in [1.29, 1.82) is 0 Å². The van der Waals surface area contributed by atoms with Crippen molar-refractivity contribution in [2.24, 2.45) is 0 Å². The maximum Gasteiger partial charge on any atom is 0.00755 e. The van der Waals surface area contributed by atoms with Crippen LogP contribution in [0.2, 0.25) is 0 Å². The van der Waals surface area contributed by atoms with E-state index in [2.05, 4.69) is 48.7 Å². The molecule has 0 atom stereocenters. The predicted molar refractivity (Wildman–Crippen MR) is 67.1 cm³/mol. The molecule has 0 aliphatic carbocycles. The lowest BCUT2D eigenvalue weighted by atomic mass is 10.1. The monoisotopic (exact) mass is 204 g/mol. The molecule has 0 radical (unpaired) electrons. The van der Waals surface area contributed by atoms with Crippen LogP contribution in [0.5, 0.6) is 0 Å². The smallest absolute Gasteiger partial charge is 0.00755 e. The topological polar surface area (TPSA) is 0 Å². The summed E-state index contributed by atoms with van der Waals surface area (Å²) in [6.45, 7) is 4.00. The quantitative estimate of drug-likeness (QED) is 0.612. The van der Waals surface area contributed by atoms with Gasteiger partial charge in [-0.05, 0) is 29.2 Å². The molecule has 2 rings (SSSR count). The van der Waals surface area contributed by atoms with Gasteiger partial charge in [0.25, 0.3) is 0 Å². The molecule has 0 aliphatic rings. The van der Waals surface area contributed by atoms with Gasteiger partial charge in [-0.3, -0.25) is 0 Å². The van der Waals surface area contributed by atoms with E-state index in [-0.39, 0.29) is 0 Å². The standard InChI is InChI=1S/C11H10S.C2H6/c1-12-11-7-6-9-4-2-3-5-10(9)8-11;1-2/h2-8H,1H3;1-2H3. The van der Waals surface area contributed by atoms with E-state index in [1.165, 1.54) is 15.7 Å². The van der Waals surface area contributed by atoms with Gasteiger partial charge in [-0.1, -0.05) is 44.2 Å². The third kappa shape index (κ3) is 2.52. The van der Waals surface area contributed by atoms with Crippen molar-refractivity contribution < 1.29 is 0 Å². The van der Waals surface area contributed by atoms with Crippen LogP contribution in [0, 0.1) is 0 Å². The Morgan fingerprint density at radius 3 is 2.14 bits per heavy atom. The van der Waals surface area contributed by atoms with Crippen LogP contribution in [0.4, 0.5) is 0 Å². The minimum atomic E-state index is 1.32. The fourth-order valence-electron chi connectivity index (χ4n) is 1.29. The molecule has 0 nitrogen and oxygen atoms in total. The van der Waals surface area contributed by atoms with E-state index in [9.17, 15) is 0 Å². The molecule has 0 saturated carbocycles. The zero-order valence-corrected chi connectivity index (χ0v) is 9.77. The molecular formula is C13H16S. The lowest BCUT2D eigenvalue weighted by Crippen LogP contribution is -1.72. The number of benzene rings is 2. The summed E-state index contributed by atoms with van der Waals surface area (Å²) in [4.78, 5) is 1.33. The molecular weight excluding hydrogens is 188 g/mol. The van der Waals surface area contributed by atoms with Gasteiger partial charge in [0.1, 0.15) is 0 Å². The number of thioether (sulfide) groups is 1. The SMILES string of the molecule is CC.CSc1ccc2ccccc2c1. The molecule has 0 aliphatic heterocycles. The van der Waals surface area contributed by atoms with E-state index in [1.54, 1.807) is 11.8 Å². The summed E-state index contributed by atoms with van der Waals surface area (Å²) in [7, 11) is 0. The van der Waals surface area contributed by atoms with Crippen molar-refractivity contribution in [2.75, 3.05) is 6.26 Å². The number of hydrogen-bond acceptors (Lipinski definition) is 1. The molecule has 0 amide bonds. The first-order chi connectivity index (χ1) is 6.90. The van der Waals surface area contributed by atoms with Crippen LogP contribution < -0.4 is 0 Å². The summed E-state index contributed by atoms with van der Waals surface area (Å²) in [5, 5.41) is 2.64. The summed E-state index contributed by atoms with van der Waals surface area (Å²) in [6.07, 6.45) is 2.10. The highest BCUT2D eigenvalue weighted by molar-refractivity contribution is 7.98. The van der Waals surface area contributed by atoms with Crippen LogP contribution in [-0.2, 0) is 0 Å². The molecule has 14 heavy (non-hydrogen) atoms. The van der Waals surface area contributed by atoms with Crippen LogP contribution in [0.15, 0.2) is 47.4 Å². The maximum atomic E-state index is 2.22. The fourth-order valence-corrected chi connectivity index (χ4v) is 1.74. The largest absolute Gasteiger partial charge is 0.130 e. The lowest BCUT2D eigenvalue weighted by molar-refractivity contribution is 1.50. The van der Waals surface area contributed by atoms with Crippen molar-refractivity contribution in [3.63, 3.8) is 0 Å². The van der Waals surface area contributed by atoms with E-state index >= 15 is 0 Å². The van der Waals surface area contributed by atoms with Gasteiger partial charge in [-0.25, -0.2) is 0 Å². The van der Waals surface area contributed by atoms with Crippen molar-refractivity contribution in [1.82, 2.24) is 0 Å². The Balaban J connectivity index is 0.000000461. The van der Waals surface area contributed by atoms with Gasteiger partial charge in [0.2, 0.25) is 0 Å². The summed E-state index contributed by atoms with van der Waals surface area (Å²) in [5.41, 5.74) is 0. The molecule has 2 aromatic rings. The molecule has 0 unspecified atom stereocenters. The average molecular weight is 204 g/mol. The first-order valence-corrected chi connectivity index (χ1v) is 6.15. The van der Waals surface area contributed by atoms with E-state index in [0.717, 1.165) is 0 Å². The maximum absolute atomic E-state index is 2.22. The Bertz CT molecular complexity index is 393. The summed E-state index contributed by atoms with van der Waals surface area (Å²) in [5.74, 6) is 0. The van der Waals surface area contributed by atoms with E-state index in [0.29, 0.717) is 0 Å². The zero-order valence-electron chi connectivity index (χ0n) is 8.95. The van der Waals surface area contributed by atoms with E-state index in [4.69, 9.17) is 0 Å². The van der Waals surface area contributed by atoms with Crippen molar-refractivity contribution in [2.45, 2.75) is 18.7 Å². The number of rotatable bonds is 1. The summed E-state index contributed by atoms with van der Waals surface area (Å²) >= 11 is 1.78. The predicted octanol–water partition coefficient (Wildman–Crippen LogP) is 4.59. The normalized spacial score (nSPS) is 9.36. The molecule has 0 aromatic heterocycles. The molecule has 2 aromatic carbocycles. The van der Waals surface area contributed by atoms with Crippen LogP contribution in [0.1, 0.15) is 13.8 Å². The second kappa shape index (κ2) is 5.71. The van der Waals surface area contributed by atoms with Crippen LogP contribution in [0.25, 0.3) is 10.8 Å². The Morgan fingerprint density at radius 2 is 1.50 bits per heavy atom. The fraction of sp³-hybridized carbons (Fsp3) is 0.231. The highest BCUT2D eigenvalue weighted by Crippen LogP contribution is 2.21. The van der Waals surface area contributed by atoms with Gasteiger partial charge in [0, 0.05) is 4.90 Å². The van der Waals surface area contributed by atoms with Crippen molar-refractivity contribution >= 4 is 22.5 Å². The summed E-state index contributed by atoms with van der Waals surface area (Å²) in [6, 6.07) is 15.0. The molecule has 0 N–H and O–H groups in total. The van der Waals surface area contributed by atoms with Gasteiger partial charge in [0.05, 0.1) is 0 Å². The first-order valence-electron chi connectivity index (χ1n) is 4.93. The van der Waals surface area contributed by atoms with Gasteiger partial charge in [-0.2, -0.15) is 0 Å². The van der Waals surface area contributed by atoms with Gasteiger partial charge in [0.15, 0.2) is 0 Å². The van der Waals surface area contributed by atoms with Crippen LogP contribution in [-0.4, -0.2) is 6.26 Å². The molecule has 0 fully saturated rings. The number of fused-ring (bicyclic) bond motifs is 1. The summed E-state index contributed by atoms with van der Waals surface area (Å²) < 4.78 is 0. The lowest BCUT2D eigenvalue weighted by Gasteiger charge is -1.99. The van der Waals surface area contributed by atoms with Gasteiger partial charge >= 0.3 is 0 Å². The molecule has 0 saturated heterocycles. The Hall–Kier alpha value is -0.950. The Morgan fingerprint density at radius 1 is 0.857 bits per heavy atom. The average Bonchev–Trinajstić information content (AvgIpc) is 2.31. The second-order valence-corrected chi connectivity index (χ2v) is 3.59. The molecule has 0 heterocycles. The Labute approximate surface area is 90.3 Å². The molecule has 1 heteroatoms. The Kier molecular flexibility index (Phi) is 4.54. The minimum absolute atomic E-state index is 1.32. The van der Waals surface area contributed by atoms with Gasteiger partial charge in [-0.15, -0.1) is 11.8 Å². The second-order valence-electron chi connectivity index (χ2n) is 2.71. The van der Waals surface area contributed by atoms with E-state index < -0.39 is 0 Å². The number of hydrogen-bond donors (Lipinski definition) is 0. The first kappa shape index (κ1) is 11.1. The molecule has 0 spiro atoms. The van der Waals surface area contributed by atoms with Crippen LogP contribution in [0.3, 0.4) is 0 Å².